The molecule has 2 heteroatoms. The molecule has 0 radical (unpaired) electrons. The van der Waals surface area contributed by atoms with E-state index in [4.69, 9.17) is 0 Å². The van der Waals surface area contributed by atoms with Crippen LogP contribution in [0, 0.1) is 25.6 Å². The van der Waals surface area contributed by atoms with E-state index in [9.17, 15) is 4.39 Å². The maximum Gasteiger partial charge on any atom is 0.129 e. The molecule has 1 N–H and O–H groups in total. The van der Waals surface area contributed by atoms with Crippen LogP contribution in [0.15, 0.2) is 12.1 Å². The number of aryl methyl sites for hydroxylation is 2. The third-order valence-electron chi connectivity index (χ3n) is 4.23. The summed E-state index contributed by atoms with van der Waals surface area (Å²) in [5, 5.41) is 3.59. The van der Waals surface area contributed by atoms with Crippen LogP contribution in [0.5, 0.6) is 0 Å². The quantitative estimate of drug-likeness (QED) is 0.846. The van der Waals surface area contributed by atoms with Gasteiger partial charge in [-0.15, -0.1) is 0 Å². The normalized spacial score (nSPS) is 18.2. The van der Waals surface area contributed by atoms with E-state index in [0.717, 1.165) is 23.6 Å². The summed E-state index contributed by atoms with van der Waals surface area (Å²) in [6.07, 6.45) is 5.47. The van der Waals surface area contributed by atoms with Crippen molar-refractivity contribution in [3.05, 3.63) is 34.6 Å². The molecule has 1 aliphatic rings. The lowest BCUT2D eigenvalue weighted by atomic mass is 9.99. The van der Waals surface area contributed by atoms with E-state index < -0.39 is 0 Å². The Labute approximate surface area is 110 Å². The summed E-state index contributed by atoms with van der Waals surface area (Å²) < 4.78 is 13.5. The van der Waals surface area contributed by atoms with Gasteiger partial charge in [-0.25, -0.2) is 4.39 Å². The van der Waals surface area contributed by atoms with Crippen LogP contribution in [0.3, 0.4) is 0 Å². The van der Waals surface area contributed by atoms with Crippen molar-refractivity contribution in [1.82, 2.24) is 5.32 Å². The average molecular weight is 249 g/mol. The van der Waals surface area contributed by atoms with Gasteiger partial charge in [0.25, 0.3) is 0 Å². The molecule has 1 saturated carbocycles. The Kier molecular flexibility index (Phi) is 4.39. The van der Waals surface area contributed by atoms with Crippen molar-refractivity contribution in [3.8, 4) is 0 Å². The highest BCUT2D eigenvalue weighted by atomic mass is 19.1. The van der Waals surface area contributed by atoms with Crippen molar-refractivity contribution in [2.24, 2.45) is 5.92 Å². The molecule has 0 spiro atoms. The van der Waals surface area contributed by atoms with Crippen LogP contribution in [-0.4, -0.2) is 6.04 Å². The van der Waals surface area contributed by atoms with Crippen molar-refractivity contribution in [1.29, 1.82) is 0 Å². The van der Waals surface area contributed by atoms with Crippen LogP contribution < -0.4 is 5.32 Å². The maximum atomic E-state index is 13.5. The Morgan fingerprint density at radius 2 is 1.78 bits per heavy atom. The van der Waals surface area contributed by atoms with Crippen molar-refractivity contribution in [2.75, 3.05) is 0 Å². The van der Waals surface area contributed by atoms with Crippen molar-refractivity contribution < 1.29 is 4.39 Å². The van der Waals surface area contributed by atoms with Crippen molar-refractivity contribution in [2.45, 2.75) is 59.0 Å². The summed E-state index contributed by atoms with van der Waals surface area (Å²) in [5.74, 6) is 0.759. The fourth-order valence-corrected chi connectivity index (χ4v) is 3.04. The standard InChI is InChI=1S/C16H24FN/c1-11-8-14(9-12(2)16(11)17)10-18-13(3)15-6-4-5-7-15/h8-9,13,15,18H,4-7,10H2,1-3H3. The Bertz CT molecular complexity index is 385. The first-order valence-electron chi connectivity index (χ1n) is 7.07. The summed E-state index contributed by atoms with van der Waals surface area (Å²) in [7, 11) is 0. The highest BCUT2D eigenvalue weighted by Gasteiger charge is 2.20. The van der Waals surface area contributed by atoms with Gasteiger partial charge in [-0.2, -0.15) is 0 Å². The maximum absolute atomic E-state index is 13.5. The van der Waals surface area contributed by atoms with Gasteiger partial charge in [0.1, 0.15) is 5.82 Å². The topological polar surface area (TPSA) is 12.0 Å². The zero-order valence-electron chi connectivity index (χ0n) is 11.7. The van der Waals surface area contributed by atoms with Gasteiger partial charge in [-0.05, 0) is 56.2 Å². The monoisotopic (exact) mass is 249 g/mol. The lowest BCUT2D eigenvalue weighted by Gasteiger charge is -2.20. The van der Waals surface area contributed by atoms with E-state index >= 15 is 0 Å². The molecule has 1 aromatic carbocycles. The Morgan fingerprint density at radius 1 is 1.22 bits per heavy atom. The largest absolute Gasteiger partial charge is 0.310 e. The van der Waals surface area contributed by atoms with Gasteiger partial charge in [0, 0.05) is 12.6 Å². The zero-order valence-corrected chi connectivity index (χ0v) is 11.7. The second kappa shape index (κ2) is 5.83. The van der Waals surface area contributed by atoms with E-state index in [1.54, 1.807) is 0 Å². The number of rotatable bonds is 4. The smallest absolute Gasteiger partial charge is 0.129 e. The van der Waals surface area contributed by atoms with Crippen LogP contribution in [0.2, 0.25) is 0 Å². The van der Waals surface area contributed by atoms with Gasteiger partial charge >= 0.3 is 0 Å². The second-order valence-electron chi connectivity index (χ2n) is 5.76. The highest BCUT2D eigenvalue weighted by Crippen LogP contribution is 2.27. The molecule has 0 amide bonds. The number of hydrogen-bond donors (Lipinski definition) is 1. The minimum atomic E-state index is -0.0670. The van der Waals surface area contributed by atoms with Gasteiger partial charge < -0.3 is 5.32 Å². The molecule has 100 valence electrons. The summed E-state index contributed by atoms with van der Waals surface area (Å²) in [5.41, 5.74) is 2.69. The number of halogens is 1. The van der Waals surface area contributed by atoms with Crippen molar-refractivity contribution in [3.63, 3.8) is 0 Å². The average Bonchev–Trinajstić information content (AvgIpc) is 2.86. The fraction of sp³-hybridized carbons (Fsp3) is 0.625. The Balaban J connectivity index is 1.93. The first-order chi connectivity index (χ1) is 8.58. The minimum Gasteiger partial charge on any atom is -0.310 e. The molecule has 18 heavy (non-hydrogen) atoms. The first-order valence-corrected chi connectivity index (χ1v) is 7.07. The lowest BCUT2D eigenvalue weighted by Crippen LogP contribution is -2.31. The molecule has 1 aliphatic carbocycles. The van der Waals surface area contributed by atoms with E-state index in [1.165, 1.54) is 31.2 Å². The van der Waals surface area contributed by atoms with E-state index in [0.29, 0.717) is 6.04 Å². The molecule has 1 aromatic rings. The molecular weight excluding hydrogens is 225 g/mol. The molecule has 1 atom stereocenters. The summed E-state index contributed by atoms with van der Waals surface area (Å²) in [4.78, 5) is 0. The van der Waals surface area contributed by atoms with Gasteiger partial charge in [0.15, 0.2) is 0 Å². The van der Waals surface area contributed by atoms with Crippen LogP contribution in [0.25, 0.3) is 0 Å². The van der Waals surface area contributed by atoms with Crippen molar-refractivity contribution >= 4 is 0 Å². The summed E-state index contributed by atoms with van der Waals surface area (Å²) in [6, 6.07) is 4.48. The Hall–Kier alpha value is -0.890. The zero-order chi connectivity index (χ0) is 13.1. The number of benzene rings is 1. The summed E-state index contributed by atoms with van der Waals surface area (Å²) >= 11 is 0. The van der Waals surface area contributed by atoms with Crippen LogP contribution in [-0.2, 0) is 6.54 Å². The summed E-state index contributed by atoms with van der Waals surface area (Å²) in [6.45, 7) is 6.80. The van der Waals surface area contributed by atoms with Gasteiger partial charge in [0.2, 0.25) is 0 Å². The van der Waals surface area contributed by atoms with E-state index in [1.807, 2.05) is 26.0 Å². The third kappa shape index (κ3) is 3.11. The highest BCUT2D eigenvalue weighted by molar-refractivity contribution is 5.30. The van der Waals surface area contributed by atoms with E-state index in [2.05, 4.69) is 12.2 Å². The fourth-order valence-electron chi connectivity index (χ4n) is 3.04. The number of hydrogen-bond acceptors (Lipinski definition) is 1. The van der Waals surface area contributed by atoms with Crippen LogP contribution in [0.1, 0.15) is 49.3 Å². The predicted octanol–water partition coefficient (Wildman–Crippen LogP) is 4.11. The molecular formula is C16H24FN. The Morgan fingerprint density at radius 3 is 2.33 bits per heavy atom. The molecule has 0 heterocycles. The van der Waals surface area contributed by atoms with Gasteiger partial charge in [-0.1, -0.05) is 25.0 Å². The third-order valence-corrected chi connectivity index (χ3v) is 4.23. The molecule has 0 saturated heterocycles. The first kappa shape index (κ1) is 13.5. The molecule has 2 rings (SSSR count). The van der Waals surface area contributed by atoms with Crippen LogP contribution in [0.4, 0.5) is 4.39 Å². The molecule has 0 aliphatic heterocycles. The molecule has 0 aromatic heterocycles. The van der Waals surface area contributed by atoms with Gasteiger partial charge in [-0.3, -0.25) is 0 Å². The number of nitrogens with one attached hydrogen (secondary N) is 1. The molecule has 1 unspecified atom stereocenters. The second-order valence-corrected chi connectivity index (χ2v) is 5.76. The van der Waals surface area contributed by atoms with Gasteiger partial charge in [0.05, 0.1) is 0 Å². The SMILES string of the molecule is Cc1cc(CNC(C)C2CCCC2)cc(C)c1F. The lowest BCUT2D eigenvalue weighted by molar-refractivity contribution is 0.380. The molecule has 1 nitrogen and oxygen atoms in total. The minimum absolute atomic E-state index is 0.0670. The van der Waals surface area contributed by atoms with Crippen LogP contribution >= 0.6 is 0 Å². The predicted molar refractivity (Wildman–Crippen MR) is 74.1 cm³/mol. The molecule has 1 fully saturated rings. The molecule has 0 bridgehead atoms. The van der Waals surface area contributed by atoms with E-state index in [-0.39, 0.29) is 5.82 Å².